The van der Waals surface area contributed by atoms with Crippen LogP contribution in [0.2, 0.25) is 0 Å². The van der Waals surface area contributed by atoms with Gasteiger partial charge in [-0.15, -0.1) is 0 Å². The Hall–Kier alpha value is -3.28. The number of ether oxygens (including phenoxy) is 1. The molecule has 0 bridgehead atoms. The molecule has 0 saturated heterocycles. The van der Waals surface area contributed by atoms with Crippen molar-refractivity contribution in [3.8, 4) is 5.75 Å². The molecule has 0 fully saturated rings. The molecule has 4 rings (SSSR count). The van der Waals surface area contributed by atoms with Crippen LogP contribution in [0.25, 0.3) is 0 Å². The lowest BCUT2D eigenvalue weighted by atomic mass is 9.95. The highest BCUT2D eigenvalue weighted by Gasteiger charge is 2.43. The molecule has 0 aromatic heterocycles. The monoisotopic (exact) mass is 363 g/mol. The molecular weight excluding hydrogens is 342 g/mol. The SMILES string of the molecule is COc1ccccc1C1NC(=O)N(C)C2=C1C(=O)N(Cc1ccccc1)C2. The maximum atomic E-state index is 13.2. The second-order valence-corrected chi connectivity index (χ2v) is 6.69. The number of hydrogen-bond donors (Lipinski definition) is 1. The maximum Gasteiger partial charge on any atom is 0.322 e. The summed E-state index contributed by atoms with van der Waals surface area (Å²) in [5.41, 5.74) is 3.19. The van der Waals surface area contributed by atoms with Gasteiger partial charge in [-0.2, -0.15) is 0 Å². The molecule has 2 aliphatic heterocycles. The number of carbonyl (C=O) groups excluding carboxylic acids is 2. The minimum Gasteiger partial charge on any atom is -0.496 e. The molecule has 27 heavy (non-hydrogen) atoms. The standard InChI is InChI=1S/C21H21N3O3/c1-23-16-13-24(12-14-8-4-3-5-9-14)20(25)18(16)19(22-21(23)26)15-10-6-7-11-17(15)27-2/h3-11,19H,12-13H2,1-2H3,(H,22,26). The minimum absolute atomic E-state index is 0.0587. The van der Waals surface area contributed by atoms with Crippen LogP contribution in [0.5, 0.6) is 5.75 Å². The Morgan fingerprint density at radius 1 is 1.07 bits per heavy atom. The van der Waals surface area contributed by atoms with Crippen LogP contribution in [-0.4, -0.2) is 42.4 Å². The minimum atomic E-state index is -0.520. The van der Waals surface area contributed by atoms with Gasteiger partial charge in [0.25, 0.3) is 5.91 Å². The molecule has 138 valence electrons. The highest BCUT2D eigenvalue weighted by molar-refractivity contribution is 6.01. The van der Waals surface area contributed by atoms with E-state index in [4.69, 9.17) is 4.74 Å². The first-order valence-corrected chi connectivity index (χ1v) is 8.83. The molecule has 0 saturated carbocycles. The first-order chi connectivity index (χ1) is 13.1. The van der Waals surface area contributed by atoms with E-state index < -0.39 is 6.04 Å². The zero-order valence-electron chi connectivity index (χ0n) is 15.3. The molecule has 2 heterocycles. The van der Waals surface area contributed by atoms with E-state index >= 15 is 0 Å². The first-order valence-electron chi connectivity index (χ1n) is 8.83. The van der Waals surface area contributed by atoms with E-state index in [0.717, 1.165) is 16.8 Å². The fraction of sp³-hybridized carbons (Fsp3) is 0.238. The number of carbonyl (C=O) groups is 2. The number of para-hydroxylation sites is 1. The number of hydrogen-bond acceptors (Lipinski definition) is 3. The van der Waals surface area contributed by atoms with Gasteiger partial charge in [-0.3, -0.25) is 9.69 Å². The molecule has 3 amide bonds. The lowest BCUT2D eigenvalue weighted by Crippen LogP contribution is -2.45. The Morgan fingerprint density at radius 2 is 1.78 bits per heavy atom. The molecule has 6 nitrogen and oxygen atoms in total. The van der Waals surface area contributed by atoms with Gasteiger partial charge in [-0.25, -0.2) is 4.79 Å². The van der Waals surface area contributed by atoms with Crippen molar-refractivity contribution in [3.05, 3.63) is 77.0 Å². The van der Waals surface area contributed by atoms with E-state index in [1.165, 1.54) is 4.90 Å². The average Bonchev–Trinajstić information content (AvgIpc) is 3.02. The Balaban J connectivity index is 1.71. The van der Waals surface area contributed by atoms with Gasteiger partial charge in [-0.1, -0.05) is 48.5 Å². The summed E-state index contributed by atoms with van der Waals surface area (Å²) in [7, 11) is 3.28. The predicted molar refractivity (Wildman–Crippen MR) is 101 cm³/mol. The van der Waals surface area contributed by atoms with Crippen LogP contribution >= 0.6 is 0 Å². The van der Waals surface area contributed by atoms with Crippen LogP contribution in [0.4, 0.5) is 4.79 Å². The summed E-state index contributed by atoms with van der Waals surface area (Å²) in [6.07, 6.45) is 0. The summed E-state index contributed by atoms with van der Waals surface area (Å²) in [5.74, 6) is 0.588. The lowest BCUT2D eigenvalue weighted by Gasteiger charge is -2.31. The third-order valence-electron chi connectivity index (χ3n) is 5.10. The molecule has 2 aliphatic rings. The van der Waals surface area contributed by atoms with Crippen molar-refractivity contribution >= 4 is 11.9 Å². The van der Waals surface area contributed by atoms with Crippen molar-refractivity contribution < 1.29 is 14.3 Å². The molecule has 1 unspecified atom stereocenters. The van der Waals surface area contributed by atoms with Gasteiger partial charge >= 0.3 is 6.03 Å². The molecule has 1 N–H and O–H groups in total. The largest absolute Gasteiger partial charge is 0.496 e. The van der Waals surface area contributed by atoms with Crippen LogP contribution in [-0.2, 0) is 11.3 Å². The van der Waals surface area contributed by atoms with E-state index in [2.05, 4.69) is 5.32 Å². The van der Waals surface area contributed by atoms with E-state index in [1.807, 2.05) is 54.6 Å². The van der Waals surface area contributed by atoms with Gasteiger partial charge in [0.1, 0.15) is 5.75 Å². The third-order valence-corrected chi connectivity index (χ3v) is 5.10. The third kappa shape index (κ3) is 2.93. The van der Waals surface area contributed by atoms with Crippen molar-refractivity contribution in [3.63, 3.8) is 0 Å². The first kappa shape index (κ1) is 17.1. The summed E-state index contributed by atoms with van der Waals surface area (Å²) in [5, 5.41) is 2.95. The van der Waals surface area contributed by atoms with Crippen LogP contribution in [0, 0.1) is 0 Å². The van der Waals surface area contributed by atoms with Gasteiger partial charge < -0.3 is 15.0 Å². The van der Waals surface area contributed by atoms with Crippen LogP contribution in [0.3, 0.4) is 0 Å². The maximum absolute atomic E-state index is 13.2. The highest BCUT2D eigenvalue weighted by atomic mass is 16.5. The number of nitrogens with one attached hydrogen (secondary N) is 1. The Kier molecular flexibility index (Phi) is 4.32. The van der Waals surface area contributed by atoms with Gasteiger partial charge in [-0.05, 0) is 11.6 Å². The van der Waals surface area contributed by atoms with E-state index in [0.29, 0.717) is 24.4 Å². The number of likely N-dealkylation sites (N-methyl/N-ethyl adjacent to an activating group) is 1. The smallest absolute Gasteiger partial charge is 0.322 e. The molecular formula is C21H21N3O3. The molecule has 0 spiro atoms. The van der Waals surface area contributed by atoms with Crippen molar-refractivity contribution in [1.82, 2.24) is 15.1 Å². The van der Waals surface area contributed by atoms with Crippen LogP contribution in [0.15, 0.2) is 65.9 Å². The van der Waals surface area contributed by atoms with Gasteiger partial charge in [0.2, 0.25) is 0 Å². The predicted octanol–water partition coefficient (Wildman–Crippen LogP) is 2.69. The molecule has 2 aromatic rings. The van der Waals surface area contributed by atoms with E-state index in [9.17, 15) is 9.59 Å². The summed E-state index contributed by atoms with van der Waals surface area (Å²) in [6.45, 7) is 0.923. The van der Waals surface area contributed by atoms with Crippen LogP contribution < -0.4 is 10.1 Å². The molecule has 0 aliphatic carbocycles. The second kappa shape index (κ2) is 6.79. The molecule has 6 heteroatoms. The number of nitrogens with zero attached hydrogens (tertiary/aromatic N) is 2. The van der Waals surface area contributed by atoms with Crippen molar-refractivity contribution in [2.24, 2.45) is 0 Å². The summed E-state index contributed by atoms with van der Waals surface area (Å²) < 4.78 is 5.45. The second-order valence-electron chi connectivity index (χ2n) is 6.69. The Labute approximate surface area is 158 Å². The summed E-state index contributed by atoms with van der Waals surface area (Å²) in [6, 6.07) is 16.6. The van der Waals surface area contributed by atoms with Crippen molar-refractivity contribution in [2.45, 2.75) is 12.6 Å². The molecule has 0 radical (unpaired) electrons. The number of amides is 3. The van der Waals surface area contributed by atoms with Crippen molar-refractivity contribution in [1.29, 1.82) is 0 Å². The molecule has 2 aromatic carbocycles. The van der Waals surface area contributed by atoms with Crippen LogP contribution in [0.1, 0.15) is 17.2 Å². The van der Waals surface area contributed by atoms with E-state index in [1.54, 1.807) is 19.1 Å². The normalized spacial score (nSPS) is 19.3. The number of urea groups is 1. The quantitative estimate of drug-likeness (QED) is 0.909. The van der Waals surface area contributed by atoms with E-state index in [-0.39, 0.29) is 11.9 Å². The topological polar surface area (TPSA) is 61.9 Å². The zero-order chi connectivity index (χ0) is 19.0. The molecule has 1 atom stereocenters. The summed E-state index contributed by atoms with van der Waals surface area (Å²) >= 11 is 0. The van der Waals surface area contributed by atoms with Crippen molar-refractivity contribution in [2.75, 3.05) is 20.7 Å². The van der Waals surface area contributed by atoms with Gasteiger partial charge in [0.05, 0.1) is 31.0 Å². The zero-order valence-corrected chi connectivity index (χ0v) is 15.3. The van der Waals surface area contributed by atoms with Gasteiger partial charge in [0.15, 0.2) is 0 Å². The Morgan fingerprint density at radius 3 is 2.52 bits per heavy atom. The Bertz CT molecular complexity index is 923. The summed E-state index contributed by atoms with van der Waals surface area (Å²) in [4.78, 5) is 29.0. The number of methoxy groups -OCH3 is 1. The lowest BCUT2D eigenvalue weighted by molar-refractivity contribution is -0.126. The number of rotatable bonds is 4. The fourth-order valence-electron chi connectivity index (χ4n) is 3.69. The number of benzene rings is 2. The fourth-order valence-corrected chi connectivity index (χ4v) is 3.69. The highest BCUT2D eigenvalue weighted by Crippen LogP contribution is 2.39. The van der Waals surface area contributed by atoms with Gasteiger partial charge in [0, 0.05) is 19.2 Å². The average molecular weight is 363 g/mol.